The van der Waals surface area contributed by atoms with Crippen LogP contribution in [0.1, 0.15) is 16.1 Å². The number of nitrogens with zero attached hydrogens (tertiary/aromatic N) is 3. The van der Waals surface area contributed by atoms with Gasteiger partial charge in [0.2, 0.25) is 0 Å². The van der Waals surface area contributed by atoms with Crippen molar-refractivity contribution in [2.45, 2.75) is 6.61 Å². The number of esters is 1. The van der Waals surface area contributed by atoms with Crippen LogP contribution in [0.15, 0.2) is 49.1 Å². The van der Waals surface area contributed by atoms with E-state index in [0.29, 0.717) is 11.2 Å². The molecule has 0 saturated carbocycles. The maximum absolute atomic E-state index is 13.0. The van der Waals surface area contributed by atoms with Crippen LogP contribution in [-0.2, 0) is 11.3 Å². The Labute approximate surface area is 113 Å². The van der Waals surface area contributed by atoms with Gasteiger partial charge in [0.05, 0.1) is 0 Å². The fourth-order valence-electron chi connectivity index (χ4n) is 1.84. The first kappa shape index (κ1) is 12.3. The molecule has 0 unspecified atom stereocenters. The molecular formula is C14H10FN3O2. The van der Waals surface area contributed by atoms with Crippen LogP contribution in [0.4, 0.5) is 4.39 Å². The molecule has 100 valence electrons. The Hall–Kier alpha value is -2.76. The van der Waals surface area contributed by atoms with Crippen molar-refractivity contribution in [1.29, 1.82) is 0 Å². The molecule has 3 rings (SSSR count). The van der Waals surface area contributed by atoms with E-state index in [2.05, 4.69) is 9.97 Å². The molecule has 0 aliphatic carbocycles. The fraction of sp³-hybridized carbons (Fsp3) is 0.0714. The van der Waals surface area contributed by atoms with E-state index in [9.17, 15) is 9.18 Å². The normalized spacial score (nSPS) is 10.7. The zero-order chi connectivity index (χ0) is 13.9. The lowest BCUT2D eigenvalue weighted by Gasteiger charge is -2.05. The summed E-state index contributed by atoms with van der Waals surface area (Å²) in [6.07, 6.45) is 6.46. The van der Waals surface area contributed by atoms with Crippen LogP contribution in [0.5, 0.6) is 0 Å². The molecule has 0 saturated heterocycles. The standard InChI is InChI=1S/C14H10FN3O2/c15-11-3-1-2-10(8-11)9-20-14(19)12-13-17-5-7-18(13)6-4-16-12/h1-8H,9H2. The highest BCUT2D eigenvalue weighted by Gasteiger charge is 2.14. The van der Waals surface area contributed by atoms with Crippen LogP contribution < -0.4 is 0 Å². The Morgan fingerprint density at radius 2 is 2.05 bits per heavy atom. The van der Waals surface area contributed by atoms with Gasteiger partial charge in [-0.15, -0.1) is 0 Å². The van der Waals surface area contributed by atoms with Crippen LogP contribution >= 0.6 is 0 Å². The average Bonchev–Trinajstić information content (AvgIpc) is 2.93. The van der Waals surface area contributed by atoms with Crippen molar-refractivity contribution >= 4 is 11.6 Å². The van der Waals surface area contributed by atoms with Gasteiger partial charge in [-0.1, -0.05) is 12.1 Å². The molecule has 20 heavy (non-hydrogen) atoms. The molecule has 0 spiro atoms. The number of carbonyl (C=O) groups is 1. The molecule has 0 aliphatic heterocycles. The second-order valence-corrected chi connectivity index (χ2v) is 4.14. The summed E-state index contributed by atoms with van der Waals surface area (Å²) in [6.45, 7) is -0.0139. The zero-order valence-electron chi connectivity index (χ0n) is 10.4. The largest absolute Gasteiger partial charge is 0.456 e. The molecule has 0 bridgehead atoms. The lowest BCUT2D eigenvalue weighted by atomic mass is 10.2. The average molecular weight is 271 g/mol. The highest BCUT2D eigenvalue weighted by Crippen LogP contribution is 2.10. The van der Waals surface area contributed by atoms with E-state index in [4.69, 9.17) is 4.74 Å². The Morgan fingerprint density at radius 3 is 2.85 bits per heavy atom. The number of rotatable bonds is 3. The number of aromatic nitrogens is 3. The van der Waals surface area contributed by atoms with E-state index in [1.54, 1.807) is 35.1 Å². The lowest BCUT2D eigenvalue weighted by Crippen LogP contribution is -2.09. The van der Waals surface area contributed by atoms with Crippen molar-refractivity contribution in [2.75, 3.05) is 0 Å². The molecule has 0 aliphatic rings. The summed E-state index contributed by atoms with van der Waals surface area (Å²) in [5.74, 6) is -0.960. The summed E-state index contributed by atoms with van der Waals surface area (Å²) >= 11 is 0. The van der Waals surface area contributed by atoms with Gasteiger partial charge in [-0.3, -0.25) is 0 Å². The molecule has 0 atom stereocenters. The topological polar surface area (TPSA) is 56.5 Å². The van der Waals surface area contributed by atoms with E-state index < -0.39 is 5.97 Å². The van der Waals surface area contributed by atoms with E-state index >= 15 is 0 Å². The first-order valence-corrected chi connectivity index (χ1v) is 5.93. The molecule has 6 heteroatoms. The van der Waals surface area contributed by atoms with Gasteiger partial charge in [0.25, 0.3) is 0 Å². The molecule has 0 N–H and O–H groups in total. The van der Waals surface area contributed by atoms with E-state index in [-0.39, 0.29) is 18.1 Å². The summed E-state index contributed by atoms with van der Waals surface area (Å²) in [4.78, 5) is 20.0. The minimum absolute atomic E-state index is 0.0139. The van der Waals surface area contributed by atoms with E-state index in [1.807, 2.05) is 0 Å². The highest BCUT2D eigenvalue weighted by atomic mass is 19.1. The van der Waals surface area contributed by atoms with Gasteiger partial charge >= 0.3 is 5.97 Å². The summed E-state index contributed by atoms with van der Waals surface area (Å²) in [5.41, 5.74) is 1.14. The molecule has 0 fully saturated rings. The second-order valence-electron chi connectivity index (χ2n) is 4.14. The number of carbonyl (C=O) groups excluding carboxylic acids is 1. The number of benzene rings is 1. The van der Waals surface area contributed by atoms with Crippen molar-refractivity contribution in [2.24, 2.45) is 0 Å². The molecule has 2 aromatic heterocycles. The van der Waals surface area contributed by atoms with Crippen LogP contribution in [0, 0.1) is 5.82 Å². The number of hydrogen-bond donors (Lipinski definition) is 0. The third-order valence-corrected chi connectivity index (χ3v) is 2.76. The lowest BCUT2D eigenvalue weighted by molar-refractivity contribution is 0.0467. The molecule has 0 radical (unpaired) electrons. The summed E-state index contributed by atoms with van der Waals surface area (Å²) in [5, 5.41) is 0. The van der Waals surface area contributed by atoms with Gasteiger partial charge in [0.15, 0.2) is 11.3 Å². The summed E-state index contributed by atoms with van der Waals surface area (Å²) < 4.78 is 19.8. The van der Waals surface area contributed by atoms with E-state index in [0.717, 1.165) is 0 Å². The molecule has 1 aromatic carbocycles. The third-order valence-electron chi connectivity index (χ3n) is 2.76. The van der Waals surface area contributed by atoms with Crippen LogP contribution in [0.2, 0.25) is 0 Å². The molecule has 3 aromatic rings. The number of ether oxygens (including phenoxy) is 1. The minimum atomic E-state index is -0.592. The van der Waals surface area contributed by atoms with Crippen molar-refractivity contribution in [3.63, 3.8) is 0 Å². The number of fused-ring (bicyclic) bond motifs is 1. The van der Waals surface area contributed by atoms with Crippen molar-refractivity contribution < 1.29 is 13.9 Å². The maximum atomic E-state index is 13.0. The summed E-state index contributed by atoms with van der Waals surface area (Å²) in [6, 6.07) is 5.89. The smallest absolute Gasteiger partial charge is 0.361 e. The minimum Gasteiger partial charge on any atom is -0.456 e. The number of halogens is 1. The molecular weight excluding hydrogens is 261 g/mol. The van der Waals surface area contributed by atoms with Crippen molar-refractivity contribution in [3.8, 4) is 0 Å². The van der Waals surface area contributed by atoms with Gasteiger partial charge in [-0.25, -0.2) is 19.2 Å². The predicted molar refractivity (Wildman–Crippen MR) is 68.5 cm³/mol. The quantitative estimate of drug-likeness (QED) is 0.685. The summed E-state index contributed by atoms with van der Waals surface area (Å²) in [7, 11) is 0. The van der Waals surface area contributed by atoms with Crippen LogP contribution in [-0.4, -0.2) is 20.3 Å². The SMILES string of the molecule is O=C(OCc1cccc(F)c1)c1nccn2ccnc12. The molecule has 0 amide bonds. The zero-order valence-corrected chi connectivity index (χ0v) is 10.4. The number of hydrogen-bond acceptors (Lipinski definition) is 4. The Kier molecular flexibility index (Phi) is 3.12. The Morgan fingerprint density at radius 1 is 1.25 bits per heavy atom. The Balaban J connectivity index is 1.78. The third kappa shape index (κ3) is 2.35. The van der Waals surface area contributed by atoms with Gasteiger partial charge in [0.1, 0.15) is 12.4 Å². The predicted octanol–water partition coefficient (Wildman–Crippen LogP) is 2.23. The second kappa shape index (κ2) is 5.08. The maximum Gasteiger partial charge on any atom is 0.361 e. The molecule has 5 nitrogen and oxygen atoms in total. The van der Waals surface area contributed by atoms with Crippen LogP contribution in [0.25, 0.3) is 5.65 Å². The van der Waals surface area contributed by atoms with E-state index in [1.165, 1.54) is 18.3 Å². The molecule has 2 heterocycles. The van der Waals surface area contributed by atoms with Gasteiger partial charge in [-0.05, 0) is 17.7 Å². The van der Waals surface area contributed by atoms with Gasteiger partial charge in [-0.2, -0.15) is 0 Å². The van der Waals surface area contributed by atoms with Gasteiger partial charge in [0, 0.05) is 24.8 Å². The first-order chi connectivity index (χ1) is 9.74. The van der Waals surface area contributed by atoms with Crippen molar-refractivity contribution in [3.05, 3.63) is 66.1 Å². The van der Waals surface area contributed by atoms with Gasteiger partial charge < -0.3 is 9.14 Å². The fourth-order valence-corrected chi connectivity index (χ4v) is 1.84. The number of imidazole rings is 1. The Bertz CT molecular complexity index is 770. The van der Waals surface area contributed by atoms with Crippen molar-refractivity contribution in [1.82, 2.24) is 14.4 Å². The monoisotopic (exact) mass is 271 g/mol. The highest BCUT2D eigenvalue weighted by molar-refractivity contribution is 5.93. The van der Waals surface area contributed by atoms with Crippen LogP contribution in [0.3, 0.4) is 0 Å². The first-order valence-electron chi connectivity index (χ1n) is 5.93.